The number of ether oxygens (including phenoxy) is 1. The molecule has 0 saturated carbocycles. The van der Waals surface area contributed by atoms with E-state index < -0.39 is 0 Å². The first-order valence-corrected chi connectivity index (χ1v) is 8.30. The summed E-state index contributed by atoms with van der Waals surface area (Å²) in [5.74, 6) is 0.644. The van der Waals surface area contributed by atoms with E-state index in [9.17, 15) is 4.79 Å². The molecule has 130 valence electrons. The van der Waals surface area contributed by atoms with Crippen LogP contribution >= 0.6 is 0 Å². The molecular formula is C21H14N4O2. The highest BCUT2D eigenvalue weighted by atomic mass is 16.5. The fourth-order valence-electron chi connectivity index (χ4n) is 2.67. The summed E-state index contributed by atoms with van der Waals surface area (Å²) < 4.78 is 7.35. The minimum absolute atomic E-state index is 0.0573. The minimum atomic E-state index is -0.192. The zero-order valence-electron chi connectivity index (χ0n) is 14.2. The monoisotopic (exact) mass is 354 g/mol. The Morgan fingerprint density at radius 1 is 1.07 bits per heavy atom. The van der Waals surface area contributed by atoms with Crippen LogP contribution in [0.1, 0.15) is 11.3 Å². The molecule has 6 heteroatoms. The summed E-state index contributed by atoms with van der Waals surface area (Å²) in [6.45, 7) is 0.0573. The van der Waals surface area contributed by atoms with Crippen LogP contribution in [-0.4, -0.2) is 14.8 Å². The molecule has 4 rings (SSSR count). The highest BCUT2D eigenvalue weighted by Crippen LogP contribution is 2.19. The van der Waals surface area contributed by atoms with Crippen LogP contribution in [0, 0.1) is 11.3 Å². The molecular weight excluding hydrogens is 340 g/mol. The fraction of sp³-hybridized carbons (Fsp3) is 0.0476. The van der Waals surface area contributed by atoms with Crippen molar-refractivity contribution in [2.75, 3.05) is 0 Å². The van der Waals surface area contributed by atoms with Crippen LogP contribution in [0.15, 0.2) is 77.9 Å². The summed E-state index contributed by atoms with van der Waals surface area (Å²) in [6, 6.07) is 19.9. The maximum atomic E-state index is 12.1. The lowest BCUT2D eigenvalue weighted by Gasteiger charge is -2.09. The van der Waals surface area contributed by atoms with Crippen molar-refractivity contribution >= 4 is 10.9 Å². The van der Waals surface area contributed by atoms with E-state index in [4.69, 9.17) is 10.00 Å². The van der Waals surface area contributed by atoms with Gasteiger partial charge in [0, 0.05) is 23.8 Å². The molecule has 2 heterocycles. The topological polar surface area (TPSA) is 80.8 Å². The summed E-state index contributed by atoms with van der Waals surface area (Å²) in [5.41, 5.74) is 2.31. The molecule has 0 aliphatic rings. The second-order valence-corrected chi connectivity index (χ2v) is 5.88. The van der Waals surface area contributed by atoms with E-state index >= 15 is 0 Å². The van der Waals surface area contributed by atoms with Gasteiger partial charge in [0.05, 0.1) is 22.8 Å². The number of fused-ring (bicyclic) bond motifs is 1. The van der Waals surface area contributed by atoms with E-state index in [1.165, 1.54) is 6.07 Å². The molecule has 0 N–H and O–H groups in total. The van der Waals surface area contributed by atoms with E-state index in [2.05, 4.69) is 16.2 Å². The Balaban J connectivity index is 1.57. The van der Waals surface area contributed by atoms with Crippen LogP contribution in [0.5, 0.6) is 5.75 Å². The van der Waals surface area contributed by atoms with Gasteiger partial charge in [-0.05, 0) is 48.5 Å². The first-order valence-electron chi connectivity index (χ1n) is 8.30. The minimum Gasteiger partial charge on any atom is -0.487 e. The number of aromatic nitrogens is 3. The average molecular weight is 354 g/mol. The van der Waals surface area contributed by atoms with Crippen molar-refractivity contribution in [3.8, 4) is 17.5 Å². The van der Waals surface area contributed by atoms with Crippen molar-refractivity contribution in [1.29, 1.82) is 5.26 Å². The lowest BCUT2D eigenvalue weighted by atomic mass is 10.2. The molecule has 0 atom stereocenters. The quantitative estimate of drug-likeness (QED) is 0.562. The molecule has 6 nitrogen and oxygen atoms in total. The van der Waals surface area contributed by atoms with Crippen molar-refractivity contribution in [2.24, 2.45) is 0 Å². The third-order valence-corrected chi connectivity index (χ3v) is 4.09. The molecule has 2 aromatic heterocycles. The van der Waals surface area contributed by atoms with Crippen molar-refractivity contribution in [2.45, 2.75) is 6.61 Å². The lowest BCUT2D eigenvalue weighted by Crippen LogP contribution is -2.17. The van der Waals surface area contributed by atoms with Gasteiger partial charge in [0.25, 0.3) is 0 Å². The largest absolute Gasteiger partial charge is 0.487 e. The van der Waals surface area contributed by atoms with Crippen molar-refractivity contribution < 1.29 is 4.74 Å². The summed E-state index contributed by atoms with van der Waals surface area (Å²) in [5, 5.41) is 14.2. The van der Waals surface area contributed by atoms with Crippen LogP contribution in [0.3, 0.4) is 0 Å². The molecule has 0 amide bonds. The molecule has 0 unspecified atom stereocenters. The Labute approximate surface area is 154 Å². The van der Waals surface area contributed by atoms with Gasteiger partial charge < -0.3 is 4.74 Å². The van der Waals surface area contributed by atoms with Gasteiger partial charge in [0.15, 0.2) is 0 Å². The van der Waals surface area contributed by atoms with Gasteiger partial charge in [-0.3, -0.25) is 9.78 Å². The maximum Gasteiger partial charge on any atom is 0.206 e. The Hall–Kier alpha value is -3.98. The molecule has 0 saturated heterocycles. The summed E-state index contributed by atoms with van der Waals surface area (Å²) >= 11 is 0. The van der Waals surface area contributed by atoms with Crippen LogP contribution in [-0.2, 0) is 6.61 Å². The zero-order chi connectivity index (χ0) is 18.6. The fourth-order valence-corrected chi connectivity index (χ4v) is 2.67. The normalized spacial score (nSPS) is 10.5. The molecule has 4 aromatic rings. The molecule has 0 spiro atoms. The SMILES string of the molecule is N#Cc1ccc(-n2ccc(=O)c(COc3ccc4ncccc4c3)n2)cc1. The highest BCUT2D eigenvalue weighted by Gasteiger charge is 2.06. The van der Waals surface area contributed by atoms with E-state index in [0.29, 0.717) is 17.0 Å². The second-order valence-electron chi connectivity index (χ2n) is 5.88. The van der Waals surface area contributed by atoms with Gasteiger partial charge >= 0.3 is 0 Å². The van der Waals surface area contributed by atoms with Crippen LogP contribution < -0.4 is 10.2 Å². The van der Waals surface area contributed by atoms with Gasteiger partial charge in [-0.15, -0.1) is 0 Å². The number of hydrogen-bond acceptors (Lipinski definition) is 5. The first kappa shape index (κ1) is 16.5. The number of benzene rings is 2. The predicted molar refractivity (Wildman–Crippen MR) is 101 cm³/mol. The Morgan fingerprint density at radius 2 is 1.93 bits per heavy atom. The van der Waals surface area contributed by atoms with Gasteiger partial charge in [0.2, 0.25) is 5.43 Å². The van der Waals surface area contributed by atoms with E-state index in [1.54, 1.807) is 41.3 Å². The van der Waals surface area contributed by atoms with Gasteiger partial charge in [-0.25, -0.2) is 4.68 Å². The molecule has 0 bridgehead atoms. The molecule has 2 aromatic carbocycles. The Bertz CT molecular complexity index is 1210. The maximum absolute atomic E-state index is 12.1. The molecule has 0 aliphatic carbocycles. The summed E-state index contributed by atoms with van der Waals surface area (Å²) in [6.07, 6.45) is 3.33. The van der Waals surface area contributed by atoms with Gasteiger partial charge in [-0.1, -0.05) is 6.07 Å². The molecule has 0 fully saturated rings. The number of nitrogens with zero attached hydrogens (tertiary/aromatic N) is 4. The third kappa shape index (κ3) is 3.53. The molecule has 27 heavy (non-hydrogen) atoms. The zero-order valence-corrected chi connectivity index (χ0v) is 14.2. The predicted octanol–water partition coefficient (Wildman–Crippen LogP) is 3.23. The highest BCUT2D eigenvalue weighted by molar-refractivity contribution is 5.79. The lowest BCUT2D eigenvalue weighted by molar-refractivity contribution is 0.298. The smallest absolute Gasteiger partial charge is 0.206 e. The van der Waals surface area contributed by atoms with E-state index in [1.807, 2.05) is 30.3 Å². The standard InChI is InChI=1S/C21H14N4O2/c22-13-15-3-5-17(6-4-15)25-11-9-21(26)20(24-25)14-27-18-7-8-19-16(12-18)2-1-10-23-19/h1-12H,14H2. The van der Waals surface area contributed by atoms with E-state index in [-0.39, 0.29) is 12.0 Å². The van der Waals surface area contributed by atoms with Crippen molar-refractivity contribution in [3.63, 3.8) is 0 Å². The number of rotatable bonds is 4. The summed E-state index contributed by atoms with van der Waals surface area (Å²) in [7, 11) is 0. The first-order chi connectivity index (χ1) is 13.2. The number of hydrogen-bond donors (Lipinski definition) is 0. The van der Waals surface area contributed by atoms with Crippen LogP contribution in [0.25, 0.3) is 16.6 Å². The Kier molecular flexibility index (Phi) is 4.33. The van der Waals surface area contributed by atoms with Crippen molar-refractivity contribution in [3.05, 3.63) is 94.5 Å². The third-order valence-electron chi connectivity index (χ3n) is 4.09. The number of nitriles is 1. The Morgan fingerprint density at radius 3 is 2.74 bits per heavy atom. The van der Waals surface area contributed by atoms with Gasteiger partial charge in [-0.2, -0.15) is 10.4 Å². The van der Waals surface area contributed by atoms with Gasteiger partial charge in [0.1, 0.15) is 18.1 Å². The van der Waals surface area contributed by atoms with Crippen LogP contribution in [0.4, 0.5) is 0 Å². The number of pyridine rings is 1. The summed E-state index contributed by atoms with van der Waals surface area (Å²) in [4.78, 5) is 16.4. The average Bonchev–Trinajstić information content (AvgIpc) is 2.73. The van der Waals surface area contributed by atoms with Crippen molar-refractivity contribution in [1.82, 2.24) is 14.8 Å². The molecule has 0 radical (unpaired) electrons. The van der Waals surface area contributed by atoms with E-state index in [0.717, 1.165) is 16.6 Å². The molecule has 0 aliphatic heterocycles. The second kappa shape index (κ2) is 7.10. The van der Waals surface area contributed by atoms with Crippen LogP contribution in [0.2, 0.25) is 0 Å².